The van der Waals surface area contributed by atoms with Crippen LogP contribution >= 0.6 is 0 Å². The topological polar surface area (TPSA) is 46.5 Å². The standard InChI is InChI=1S/C23H18O3/c24-23(25)22(15-18-11-5-9-16-7-1-3-12-19(16)18)26-21-14-6-10-17-8-2-4-13-20(17)21/h1-14,22H,15H2,(H,24,25). The Balaban J connectivity index is 1.69. The summed E-state index contributed by atoms with van der Waals surface area (Å²) in [6.07, 6.45) is -0.647. The van der Waals surface area contributed by atoms with Gasteiger partial charge in [-0.3, -0.25) is 0 Å². The van der Waals surface area contributed by atoms with Gasteiger partial charge in [0.1, 0.15) is 5.75 Å². The molecule has 0 aliphatic rings. The molecule has 0 spiro atoms. The van der Waals surface area contributed by atoms with Gasteiger partial charge in [0, 0.05) is 11.8 Å². The molecule has 3 nitrogen and oxygen atoms in total. The first-order chi connectivity index (χ1) is 12.7. The van der Waals surface area contributed by atoms with Crippen LogP contribution in [-0.2, 0) is 11.2 Å². The maximum Gasteiger partial charge on any atom is 0.345 e. The highest BCUT2D eigenvalue weighted by Gasteiger charge is 2.22. The molecule has 1 N–H and O–H groups in total. The van der Waals surface area contributed by atoms with Crippen molar-refractivity contribution in [3.63, 3.8) is 0 Å². The Kier molecular flexibility index (Phi) is 4.28. The van der Waals surface area contributed by atoms with Crippen molar-refractivity contribution in [1.29, 1.82) is 0 Å². The number of carboxylic acid groups (broad SMARTS) is 1. The Morgan fingerprint density at radius 2 is 1.35 bits per heavy atom. The maximum atomic E-state index is 11.9. The predicted octanol–water partition coefficient (Wildman–Crippen LogP) is 5.07. The third-order valence-corrected chi connectivity index (χ3v) is 4.58. The lowest BCUT2D eigenvalue weighted by Crippen LogP contribution is -2.29. The minimum absolute atomic E-state index is 0.305. The zero-order chi connectivity index (χ0) is 17.9. The Labute approximate surface area is 151 Å². The van der Waals surface area contributed by atoms with E-state index in [-0.39, 0.29) is 0 Å². The van der Waals surface area contributed by atoms with Crippen molar-refractivity contribution < 1.29 is 14.6 Å². The van der Waals surface area contributed by atoms with Crippen molar-refractivity contribution in [2.45, 2.75) is 12.5 Å². The lowest BCUT2D eigenvalue weighted by atomic mass is 10.00. The van der Waals surface area contributed by atoms with E-state index in [0.717, 1.165) is 27.1 Å². The van der Waals surface area contributed by atoms with Crippen molar-refractivity contribution in [2.24, 2.45) is 0 Å². The van der Waals surface area contributed by atoms with E-state index in [0.29, 0.717) is 12.2 Å². The van der Waals surface area contributed by atoms with E-state index in [2.05, 4.69) is 0 Å². The molecular formula is C23H18O3. The molecule has 1 unspecified atom stereocenters. The molecule has 3 heteroatoms. The summed E-state index contributed by atoms with van der Waals surface area (Å²) in [6.45, 7) is 0. The van der Waals surface area contributed by atoms with Crippen LogP contribution in [0.25, 0.3) is 21.5 Å². The quantitative estimate of drug-likeness (QED) is 0.551. The molecule has 0 heterocycles. The number of hydrogen-bond acceptors (Lipinski definition) is 2. The number of rotatable bonds is 5. The lowest BCUT2D eigenvalue weighted by molar-refractivity contribution is -0.144. The molecule has 4 aromatic rings. The summed E-state index contributed by atoms with van der Waals surface area (Å²) in [5.41, 5.74) is 0.968. The number of carboxylic acids is 1. The van der Waals surface area contributed by atoms with E-state index in [9.17, 15) is 9.90 Å². The first-order valence-corrected chi connectivity index (χ1v) is 8.56. The first-order valence-electron chi connectivity index (χ1n) is 8.56. The predicted molar refractivity (Wildman–Crippen MR) is 104 cm³/mol. The fourth-order valence-corrected chi connectivity index (χ4v) is 3.30. The highest BCUT2D eigenvalue weighted by atomic mass is 16.5. The summed E-state index contributed by atoms with van der Waals surface area (Å²) < 4.78 is 5.94. The monoisotopic (exact) mass is 342 g/mol. The van der Waals surface area contributed by atoms with Crippen LogP contribution in [-0.4, -0.2) is 17.2 Å². The van der Waals surface area contributed by atoms with Crippen LogP contribution in [0.15, 0.2) is 84.9 Å². The molecule has 0 aliphatic heterocycles. The van der Waals surface area contributed by atoms with Crippen LogP contribution < -0.4 is 4.74 Å². The average molecular weight is 342 g/mol. The second-order valence-corrected chi connectivity index (χ2v) is 6.26. The third-order valence-electron chi connectivity index (χ3n) is 4.58. The van der Waals surface area contributed by atoms with Crippen molar-refractivity contribution in [3.8, 4) is 5.75 Å². The Morgan fingerprint density at radius 1 is 0.769 bits per heavy atom. The van der Waals surface area contributed by atoms with E-state index < -0.39 is 12.1 Å². The molecule has 0 amide bonds. The number of hydrogen-bond donors (Lipinski definition) is 1. The average Bonchev–Trinajstić information content (AvgIpc) is 2.68. The van der Waals surface area contributed by atoms with E-state index >= 15 is 0 Å². The summed E-state index contributed by atoms with van der Waals surface area (Å²) in [4.78, 5) is 11.9. The first kappa shape index (κ1) is 16.2. The molecule has 26 heavy (non-hydrogen) atoms. The second-order valence-electron chi connectivity index (χ2n) is 6.26. The van der Waals surface area contributed by atoms with E-state index in [1.807, 2.05) is 84.9 Å². The number of fused-ring (bicyclic) bond motifs is 2. The number of benzene rings is 4. The number of carbonyl (C=O) groups is 1. The SMILES string of the molecule is O=C(O)C(Cc1cccc2ccccc12)Oc1cccc2ccccc12. The van der Waals surface area contributed by atoms with Gasteiger partial charge in [-0.15, -0.1) is 0 Å². The van der Waals surface area contributed by atoms with Crippen LogP contribution in [0.1, 0.15) is 5.56 Å². The molecule has 0 saturated heterocycles. The van der Waals surface area contributed by atoms with Crippen LogP contribution in [0.4, 0.5) is 0 Å². The summed E-state index contributed by atoms with van der Waals surface area (Å²) in [6, 6.07) is 27.4. The van der Waals surface area contributed by atoms with Gasteiger partial charge in [0.05, 0.1) is 0 Å². The van der Waals surface area contributed by atoms with Gasteiger partial charge in [-0.2, -0.15) is 0 Å². The maximum absolute atomic E-state index is 11.9. The van der Waals surface area contributed by atoms with Gasteiger partial charge in [-0.1, -0.05) is 78.9 Å². The third kappa shape index (κ3) is 3.11. The summed E-state index contributed by atoms with van der Waals surface area (Å²) in [5.74, 6) is -0.374. The molecule has 4 aromatic carbocycles. The fraction of sp³-hybridized carbons (Fsp3) is 0.0870. The summed E-state index contributed by atoms with van der Waals surface area (Å²) in [5, 5.41) is 13.8. The van der Waals surface area contributed by atoms with Crippen molar-refractivity contribution in [3.05, 3.63) is 90.5 Å². The van der Waals surface area contributed by atoms with Gasteiger partial charge >= 0.3 is 5.97 Å². The minimum atomic E-state index is -0.967. The lowest BCUT2D eigenvalue weighted by Gasteiger charge is -2.17. The van der Waals surface area contributed by atoms with E-state index in [4.69, 9.17) is 4.74 Å². The van der Waals surface area contributed by atoms with Gasteiger partial charge < -0.3 is 9.84 Å². The summed E-state index contributed by atoms with van der Waals surface area (Å²) in [7, 11) is 0. The number of ether oxygens (including phenoxy) is 1. The van der Waals surface area contributed by atoms with Gasteiger partial charge in [0.25, 0.3) is 0 Å². The molecule has 1 atom stereocenters. The zero-order valence-corrected chi connectivity index (χ0v) is 14.1. The van der Waals surface area contributed by atoms with E-state index in [1.165, 1.54) is 0 Å². The molecule has 0 bridgehead atoms. The highest BCUT2D eigenvalue weighted by molar-refractivity contribution is 5.89. The van der Waals surface area contributed by atoms with Crippen molar-refractivity contribution in [1.82, 2.24) is 0 Å². The molecular weight excluding hydrogens is 324 g/mol. The smallest absolute Gasteiger partial charge is 0.345 e. The zero-order valence-electron chi connectivity index (χ0n) is 14.1. The number of aliphatic carboxylic acids is 1. The van der Waals surface area contributed by atoms with Gasteiger partial charge in [-0.05, 0) is 27.8 Å². The fourth-order valence-electron chi connectivity index (χ4n) is 3.30. The molecule has 0 aromatic heterocycles. The van der Waals surface area contributed by atoms with Crippen molar-refractivity contribution in [2.75, 3.05) is 0 Å². The highest BCUT2D eigenvalue weighted by Crippen LogP contribution is 2.27. The van der Waals surface area contributed by atoms with Gasteiger partial charge in [0.15, 0.2) is 6.10 Å². The molecule has 0 saturated carbocycles. The summed E-state index contributed by atoms with van der Waals surface area (Å²) >= 11 is 0. The van der Waals surface area contributed by atoms with Crippen LogP contribution in [0.3, 0.4) is 0 Å². The Bertz CT molecular complexity index is 993. The molecule has 4 rings (SSSR count). The van der Waals surface area contributed by atoms with Gasteiger partial charge in [0.2, 0.25) is 0 Å². The van der Waals surface area contributed by atoms with Gasteiger partial charge in [-0.25, -0.2) is 4.79 Å². The van der Waals surface area contributed by atoms with Crippen molar-refractivity contribution >= 4 is 27.5 Å². The Morgan fingerprint density at radius 3 is 2.08 bits per heavy atom. The second kappa shape index (κ2) is 6.89. The molecule has 0 aliphatic carbocycles. The van der Waals surface area contributed by atoms with Crippen LogP contribution in [0.5, 0.6) is 5.75 Å². The van der Waals surface area contributed by atoms with E-state index in [1.54, 1.807) is 0 Å². The Hall–Kier alpha value is -3.33. The minimum Gasteiger partial charge on any atom is -0.478 e. The molecule has 0 fully saturated rings. The molecule has 128 valence electrons. The van der Waals surface area contributed by atoms with Crippen LogP contribution in [0, 0.1) is 0 Å². The molecule has 0 radical (unpaired) electrons. The largest absolute Gasteiger partial charge is 0.478 e. The normalized spacial score (nSPS) is 12.2. The van der Waals surface area contributed by atoms with Crippen LogP contribution in [0.2, 0.25) is 0 Å².